The van der Waals surface area contributed by atoms with Crippen molar-refractivity contribution >= 4 is 51.3 Å². The van der Waals surface area contributed by atoms with E-state index in [-0.39, 0.29) is 18.3 Å². The summed E-state index contributed by atoms with van der Waals surface area (Å²) in [4.78, 5) is 15.7. The number of amides is 1. The molecular weight excluding hydrogens is 384 g/mol. The Morgan fingerprint density at radius 2 is 2.27 bits per heavy atom. The second-order valence-corrected chi connectivity index (χ2v) is 7.17. The van der Waals surface area contributed by atoms with E-state index >= 15 is 0 Å². The molecule has 0 unspecified atom stereocenters. The number of hydrogen-bond acceptors (Lipinski definition) is 3. The van der Waals surface area contributed by atoms with Gasteiger partial charge in [0, 0.05) is 39.6 Å². The number of hydrogen-bond donors (Lipinski definition) is 1. The van der Waals surface area contributed by atoms with Crippen LogP contribution in [0, 0.1) is 0 Å². The van der Waals surface area contributed by atoms with Crippen molar-refractivity contribution in [2.45, 2.75) is 19.4 Å². The molecule has 0 aliphatic carbocycles. The number of nitrogens with zero attached hydrogens (tertiary/aromatic N) is 1. The average Bonchev–Trinajstić information content (AvgIpc) is 2.91. The lowest BCUT2D eigenvalue weighted by atomic mass is 9.97. The fourth-order valence-corrected chi connectivity index (χ4v) is 4.16. The zero-order chi connectivity index (χ0) is 14.8. The van der Waals surface area contributed by atoms with Crippen molar-refractivity contribution in [3.63, 3.8) is 0 Å². The molecule has 118 valence electrons. The van der Waals surface area contributed by atoms with Gasteiger partial charge in [0.1, 0.15) is 0 Å². The van der Waals surface area contributed by atoms with Gasteiger partial charge >= 0.3 is 0 Å². The number of anilines is 1. The topological polar surface area (TPSA) is 32.3 Å². The molecule has 1 aliphatic heterocycles. The van der Waals surface area contributed by atoms with Gasteiger partial charge in [-0.25, -0.2) is 0 Å². The SMILES string of the molecule is CN(Cc1cc(Br)cs1)C(=O)c1cccc2c1CCCN2.Cl. The molecule has 1 amide bonds. The summed E-state index contributed by atoms with van der Waals surface area (Å²) in [6, 6.07) is 8.02. The van der Waals surface area contributed by atoms with Gasteiger partial charge < -0.3 is 10.2 Å². The van der Waals surface area contributed by atoms with Crippen LogP contribution in [0.5, 0.6) is 0 Å². The third kappa shape index (κ3) is 3.65. The lowest BCUT2D eigenvalue weighted by Gasteiger charge is -2.23. The van der Waals surface area contributed by atoms with Crippen LogP contribution in [0.3, 0.4) is 0 Å². The summed E-state index contributed by atoms with van der Waals surface area (Å²) >= 11 is 5.12. The van der Waals surface area contributed by atoms with Crippen molar-refractivity contribution in [2.24, 2.45) is 0 Å². The van der Waals surface area contributed by atoms with Crippen molar-refractivity contribution in [3.8, 4) is 0 Å². The van der Waals surface area contributed by atoms with Crippen LogP contribution < -0.4 is 5.32 Å². The minimum absolute atomic E-state index is 0. The van der Waals surface area contributed by atoms with Gasteiger partial charge in [0.25, 0.3) is 5.91 Å². The van der Waals surface area contributed by atoms with Crippen LogP contribution in [0.2, 0.25) is 0 Å². The Hall–Kier alpha value is -1.04. The number of thiophene rings is 1. The van der Waals surface area contributed by atoms with Gasteiger partial charge in [-0.3, -0.25) is 4.79 Å². The maximum absolute atomic E-state index is 12.7. The molecule has 0 atom stereocenters. The Balaban J connectivity index is 0.00000176. The number of halogens is 2. The molecule has 1 aliphatic rings. The monoisotopic (exact) mass is 400 g/mol. The van der Waals surface area contributed by atoms with E-state index < -0.39 is 0 Å². The van der Waals surface area contributed by atoms with Gasteiger partial charge in [-0.1, -0.05) is 6.07 Å². The van der Waals surface area contributed by atoms with Gasteiger partial charge in [0.15, 0.2) is 0 Å². The van der Waals surface area contributed by atoms with Crippen LogP contribution in [0.15, 0.2) is 34.1 Å². The quantitative estimate of drug-likeness (QED) is 0.817. The van der Waals surface area contributed by atoms with Crippen molar-refractivity contribution < 1.29 is 4.79 Å². The molecule has 0 saturated heterocycles. The summed E-state index contributed by atoms with van der Waals surface area (Å²) in [5.41, 5.74) is 3.10. The molecule has 22 heavy (non-hydrogen) atoms. The largest absolute Gasteiger partial charge is 0.385 e. The molecule has 0 saturated carbocycles. The molecule has 1 aromatic heterocycles. The highest BCUT2D eigenvalue weighted by molar-refractivity contribution is 9.10. The zero-order valence-corrected chi connectivity index (χ0v) is 15.5. The normalized spacial score (nSPS) is 12.8. The summed E-state index contributed by atoms with van der Waals surface area (Å²) in [5, 5.41) is 5.42. The number of rotatable bonds is 3. The van der Waals surface area contributed by atoms with Crippen molar-refractivity contribution in [1.29, 1.82) is 0 Å². The van der Waals surface area contributed by atoms with Crippen LogP contribution in [-0.4, -0.2) is 24.4 Å². The Morgan fingerprint density at radius 3 is 3.00 bits per heavy atom. The van der Waals surface area contributed by atoms with Gasteiger partial charge in [0.2, 0.25) is 0 Å². The van der Waals surface area contributed by atoms with Crippen LogP contribution in [0.4, 0.5) is 5.69 Å². The first-order valence-electron chi connectivity index (χ1n) is 6.99. The molecule has 1 N–H and O–H groups in total. The standard InChI is InChI=1S/C16H17BrN2OS.ClH/c1-19(9-12-8-11(17)10-21-12)16(20)14-4-2-6-15-13(14)5-3-7-18-15;/h2,4,6,8,10,18H,3,5,7,9H2,1H3;1H. The number of fused-ring (bicyclic) bond motifs is 1. The molecule has 0 bridgehead atoms. The average molecular weight is 402 g/mol. The molecular formula is C16H18BrClN2OS. The smallest absolute Gasteiger partial charge is 0.254 e. The molecule has 2 aromatic rings. The molecule has 0 spiro atoms. The van der Waals surface area contributed by atoms with Crippen LogP contribution in [0.1, 0.15) is 27.2 Å². The Morgan fingerprint density at radius 1 is 1.45 bits per heavy atom. The van der Waals surface area contributed by atoms with E-state index in [1.165, 1.54) is 4.88 Å². The molecule has 0 fully saturated rings. The fraction of sp³-hybridized carbons (Fsp3) is 0.312. The van der Waals surface area contributed by atoms with Crippen LogP contribution in [-0.2, 0) is 13.0 Å². The molecule has 3 rings (SSSR count). The van der Waals surface area contributed by atoms with E-state index in [2.05, 4.69) is 33.4 Å². The summed E-state index contributed by atoms with van der Waals surface area (Å²) in [6.07, 6.45) is 2.06. The first-order chi connectivity index (χ1) is 10.1. The van der Waals surface area contributed by atoms with Gasteiger partial charge in [-0.2, -0.15) is 0 Å². The lowest BCUT2D eigenvalue weighted by molar-refractivity contribution is 0.0785. The fourth-order valence-electron chi connectivity index (χ4n) is 2.66. The van der Waals surface area contributed by atoms with E-state index in [4.69, 9.17) is 0 Å². The van der Waals surface area contributed by atoms with E-state index in [9.17, 15) is 4.79 Å². The molecule has 6 heteroatoms. The maximum atomic E-state index is 12.7. The first kappa shape index (κ1) is 17.3. The van der Waals surface area contributed by atoms with Crippen molar-refractivity contribution in [1.82, 2.24) is 4.90 Å². The van der Waals surface area contributed by atoms with Gasteiger partial charge in [0.05, 0.1) is 6.54 Å². The first-order valence-corrected chi connectivity index (χ1v) is 8.66. The maximum Gasteiger partial charge on any atom is 0.254 e. The van der Waals surface area contributed by atoms with E-state index in [1.54, 1.807) is 16.2 Å². The number of benzene rings is 1. The van der Waals surface area contributed by atoms with Gasteiger partial charge in [-0.15, -0.1) is 23.7 Å². The summed E-state index contributed by atoms with van der Waals surface area (Å²) < 4.78 is 1.07. The Bertz CT molecular complexity index is 674. The molecule has 3 nitrogen and oxygen atoms in total. The molecule has 1 aromatic carbocycles. The van der Waals surface area contributed by atoms with E-state index in [1.807, 2.05) is 24.6 Å². The van der Waals surface area contributed by atoms with Crippen molar-refractivity contribution in [3.05, 3.63) is 50.1 Å². The number of carbonyl (C=O) groups excluding carboxylic acids is 1. The van der Waals surface area contributed by atoms with Crippen molar-refractivity contribution in [2.75, 3.05) is 18.9 Å². The third-order valence-electron chi connectivity index (χ3n) is 3.69. The number of carbonyl (C=O) groups is 1. The highest BCUT2D eigenvalue weighted by Gasteiger charge is 2.20. The van der Waals surface area contributed by atoms with E-state index in [0.29, 0.717) is 6.54 Å². The van der Waals surface area contributed by atoms with Crippen LogP contribution >= 0.6 is 39.7 Å². The highest BCUT2D eigenvalue weighted by atomic mass is 79.9. The summed E-state index contributed by atoms with van der Waals surface area (Å²) in [6.45, 7) is 1.63. The third-order valence-corrected chi connectivity index (χ3v) is 5.37. The Kier molecular flexibility index (Phi) is 5.89. The lowest BCUT2D eigenvalue weighted by Crippen LogP contribution is -2.28. The highest BCUT2D eigenvalue weighted by Crippen LogP contribution is 2.27. The molecule has 2 heterocycles. The predicted molar refractivity (Wildman–Crippen MR) is 98.3 cm³/mol. The summed E-state index contributed by atoms with van der Waals surface area (Å²) in [7, 11) is 1.87. The van der Waals surface area contributed by atoms with Gasteiger partial charge in [-0.05, 0) is 52.5 Å². The second-order valence-electron chi connectivity index (χ2n) is 5.25. The second kappa shape index (κ2) is 7.49. The zero-order valence-electron chi connectivity index (χ0n) is 12.3. The van der Waals surface area contributed by atoms with Crippen LogP contribution in [0.25, 0.3) is 0 Å². The number of nitrogens with one attached hydrogen (secondary N) is 1. The minimum Gasteiger partial charge on any atom is -0.385 e. The van der Waals surface area contributed by atoms with E-state index in [0.717, 1.165) is 40.7 Å². The predicted octanol–water partition coefficient (Wildman–Crippen LogP) is 4.56. The minimum atomic E-state index is 0. The Labute approximate surface area is 149 Å². The summed E-state index contributed by atoms with van der Waals surface area (Å²) in [5.74, 6) is 0.0973. The molecule has 0 radical (unpaired) electrons.